The molecule has 0 spiro atoms. The average molecular weight is 379 g/mol. The van der Waals surface area contributed by atoms with Crippen LogP contribution < -0.4 is 5.32 Å². The van der Waals surface area contributed by atoms with Gasteiger partial charge in [0.25, 0.3) is 0 Å². The molecule has 26 heavy (non-hydrogen) atoms. The molecule has 0 fully saturated rings. The zero-order valence-electron chi connectivity index (χ0n) is 16.0. The summed E-state index contributed by atoms with van der Waals surface area (Å²) in [5.74, 6) is -0.0555. The number of rotatable bonds is 20. The Balaban J connectivity index is 3.01. The van der Waals surface area contributed by atoms with Crippen molar-refractivity contribution in [2.45, 2.75) is 13.8 Å². The van der Waals surface area contributed by atoms with Crippen molar-refractivity contribution in [1.82, 2.24) is 5.32 Å². The van der Waals surface area contributed by atoms with Gasteiger partial charge in [0.05, 0.1) is 72.7 Å². The molecule has 0 aliphatic rings. The van der Waals surface area contributed by atoms with Crippen molar-refractivity contribution >= 4 is 11.7 Å². The van der Waals surface area contributed by atoms with Gasteiger partial charge in [-0.2, -0.15) is 0 Å². The summed E-state index contributed by atoms with van der Waals surface area (Å²) in [5, 5.41) is 2.64. The fourth-order valence-electron chi connectivity index (χ4n) is 1.61. The smallest absolute Gasteiger partial charge is 0.216 e. The van der Waals surface area contributed by atoms with Gasteiger partial charge < -0.3 is 33.7 Å². The van der Waals surface area contributed by atoms with Crippen molar-refractivity contribution in [2.75, 3.05) is 85.8 Å². The Hall–Kier alpha value is -1.10. The largest absolute Gasteiger partial charge is 0.377 e. The molecule has 0 aliphatic carbocycles. The van der Waals surface area contributed by atoms with Gasteiger partial charge in [-0.3, -0.25) is 9.59 Å². The van der Waals surface area contributed by atoms with E-state index in [0.717, 1.165) is 0 Å². The Kier molecular flexibility index (Phi) is 19.4. The molecule has 1 N–H and O–H groups in total. The molecule has 154 valence electrons. The fraction of sp³-hybridized carbons (Fsp3) is 0.882. The van der Waals surface area contributed by atoms with Crippen molar-refractivity contribution in [1.29, 1.82) is 0 Å². The highest BCUT2D eigenvalue weighted by atomic mass is 16.6. The van der Waals surface area contributed by atoms with Crippen LogP contribution in [0.15, 0.2) is 0 Å². The first-order valence-corrected chi connectivity index (χ1v) is 8.83. The number of carbonyl (C=O) groups excluding carboxylic acids is 2. The molecule has 0 radical (unpaired) electrons. The van der Waals surface area contributed by atoms with Gasteiger partial charge in [-0.25, -0.2) is 0 Å². The number of ketones is 1. The Morgan fingerprint density at radius 3 is 1.27 bits per heavy atom. The van der Waals surface area contributed by atoms with Gasteiger partial charge in [-0.1, -0.05) is 0 Å². The van der Waals surface area contributed by atoms with Crippen LogP contribution in [0.25, 0.3) is 0 Å². The first-order valence-electron chi connectivity index (χ1n) is 8.83. The Morgan fingerprint density at radius 1 is 0.577 bits per heavy atom. The number of ether oxygens (including phenoxy) is 6. The lowest BCUT2D eigenvalue weighted by molar-refractivity contribution is -0.122. The quantitative estimate of drug-likeness (QED) is 0.291. The lowest BCUT2D eigenvalue weighted by Crippen LogP contribution is -2.25. The molecule has 0 atom stereocenters. The molecule has 0 aromatic carbocycles. The minimum atomic E-state index is -0.0609. The second-order valence-corrected chi connectivity index (χ2v) is 5.30. The van der Waals surface area contributed by atoms with Crippen molar-refractivity contribution in [2.24, 2.45) is 0 Å². The summed E-state index contributed by atoms with van der Waals surface area (Å²) in [6.07, 6.45) is 0. The van der Waals surface area contributed by atoms with Gasteiger partial charge in [0.15, 0.2) is 5.78 Å². The maximum Gasteiger partial charge on any atom is 0.216 e. The van der Waals surface area contributed by atoms with Crippen LogP contribution in [0.5, 0.6) is 0 Å². The number of hydrogen-bond donors (Lipinski definition) is 1. The zero-order chi connectivity index (χ0) is 19.3. The lowest BCUT2D eigenvalue weighted by atomic mass is 10.5. The molecule has 0 saturated carbocycles. The summed E-state index contributed by atoms with van der Waals surface area (Å²) in [6, 6.07) is 0. The van der Waals surface area contributed by atoms with E-state index in [2.05, 4.69) is 5.32 Å². The number of nitrogens with one attached hydrogen (secondary N) is 1. The Bertz CT molecular complexity index is 309. The van der Waals surface area contributed by atoms with Crippen LogP contribution in [-0.4, -0.2) is 97.5 Å². The average Bonchev–Trinajstić information content (AvgIpc) is 2.59. The van der Waals surface area contributed by atoms with E-state index in [9.17, 15) is 9.59 Å². The van der Waals surface area contributed by atoms with Crippen LogP contribution >= 0.6 is 0 Å². The highest BCUT2D eigenvalue weighted by molar-refractivity contribution is 5.76. The molecule has 0 aromatic rings. The molecular formula is C17H33NO8. The molecule has 0 saturated heterocycles. The van der Waals surface area contributed by atoms with Gasteiger partial charge in [0.2, 0.25) is 5.91 Å². The first kappa shape index (κ1) is 24.9. The van der Waals surface area contributed by atoms with Crippen molar-refractivity contribution in [3.8, 4) is 0 Å². The van der Waals surface area contributed by atoms with E-state index in [-0.39, 0.29) is 18.3 Å². The third kappa shape index (κ3) is 22.9. The van der Waals surface area contributed by atoms with Gasteiger partial charge in [-0.05, 0) is 6.92 Å². The highest BCUT2D eigenvalue weighted by Gasteiger charge is 1.95. The van der Waals surface area contributed by atoms with Gasteiger partial charge >= 0.3 is 0 Å². The minimum Gasteiger partial charge on any atom is -0.377 e. The number of Topliss-reactive ketones (excluding diaryl/α,β-unsaturated/α-hetero) is 1. The van der Waals surface area contributed by atoms with Crippen LogP contribution in [-0.2, 0) is 38.0 Å². The summed E-state index contributed by atoms with van der Waals surface area (Å²) in [5.41, 5.74) is 0. The molecule has 1 amide bonds. The van der Waals surface area contributed by atoms with Crippen LogP contribution in [0, 0.1) is 0 Å². The number of amides is 1. The van der Waals surface area contributed by atoms with Gasteiger partial charge in [-0.15, -0.1) is 0 Å². The molecule has 9 heteroatoms. The fourth-order valence-corrected chi connectivity index (χ4v) is 1.61. The first-order chi connectivity index (χ1) is 12.6. The van der Waals surface area contributed by atoms with Gasteiger partial charge in [0, 0.05) is 13.5 Å². The normalized spacial score (nSPS) is 10.8. The zero-order valence-corrected chi connectivity index (χ0v) is 16.0. The van der Waals surface area contributed by atoms with E-state index in [1.807, 2.05) is 0 Å². The van der Waals surface area contributed by atoms with Crippen LogP contribution in [0.4, 0.5) is 0 Å². The number of hydrogen-bond acceptors (Lipinski definition) is 8. The predicted molar refractivity (Wildman–Crippen MR) is 94.3 cm³/mol. The molecular weight excluding hydrogens is 346 g/mol. The van der Waals surface area contributed by atoms with Crippen molar-refractivity contribution < 1.29 is 38.0 Å². The summed E-state index contributed by atoms with van der Waals surface area (Å²) >= 11 is 0. The SMILES string of the molecule is CC(=O)COCCOCCOCCOCCOCCOCCNC(C)=O. The van der Waals surface area contributed by atoms with E-state index in [1.54, 1.807) is 0 Å². The van der Waals surface area contributed by atoms with Crippen LogP contribution in [0.3, 0.4) is 0 Å². The lowest BCUT2D eigenvalue weighted by Gasteiger charge is -2.08. The molecule has 0 bridgehead atoms. The monoisotopic (exact) mass is 379 g/mol. The third-order valence-electron chi connectivity index (χ3n) is 2.79. The topological polar surface area (TPSA) is 102 Å². The molecule has 0 aromatic heterocycles. The number of carbonyl (C=O) groups is 2. The second-order valence-electron chi connectivity index (χ2n) is 5.30. The van der Waals surface area contributed by atoms with E-state index < -0.39 is 0 Å². The van der Waals surface area contributed by atoms with E-state index >= 15 is 0 Å². The molecule has 0 aliphatic heterocycles. The van der Waals surface area contributed by atoms with E-state index in [1.165, 1.54) is 13.8 Å². The second kappa shape index (κ2) is 20.2. The molecule has 0 unspecified atom stereocenters. The van der Waals surface area contributed by atoms with Crippen LogP contribution in [0.2, 0.25) is 0 Å². The molecule has 0 heterocycles. The summed E-state index contributed by atoms with van der Waals surface area (Å²) in [7, 11) is 0. The third-order valence-corrected chi connectivity index (χ3v) is 2.79. The Labute approximate surface area is 155 Å². The van der Waals surface area contributed by atoms with Crippen LogP contribution in [0.1, 0.15) is 13.8 Å². The highest BCUT2D eigenvalue weighted by Crippen LogP contribution is 1.84. The van der Waals surface area contributed by atoms with E-state index in [4.69, 9.17) is 28.4 Å². The summed E-state index contributed by atoms with van der Waals surface area (Å²) in [4.78, 5) is 21.2. The van der Waals surface area contributed by atoms with E-state index in [0.29, 0.717) is 79.2 Å². The predicted octanol–water partition coefficient (Wildman–Crippen LogP) is -0.189. The molecule has 9 nitrogen and oxygen atoms in total. The summed E-state index contributed by atoms with van der Waals surface area (Å²) < 4.78 is 31.6. The molecule has 0 rings (SSSR count). The minimum absolute atomic E-state index is 0.00534. The van der Waals surface area contributed by atoms with Crippen molar-refractivity contribution in [3.05, 3.63) is 0 Å². The Morgan fingerprint density at radius 2 is 0.923 bits per heavy atom. The van der Waals surface area contributed by atoms with Gasteiger partial charge in [0.1, 0.15) is 6.61 Å². The summed E-state index contributed by atoms with van der Waals surface area (Å²) in [6.45, 7) is 8.87. The maximum absolute atomic E-state index is 10.6. The van der Waals surface area contributed by atoms with Crippen molar-refractivity contribution in [3.63, 3.8) is 0 Å². The maximum atomic E-state index is 10.6. The standard InChI is InChI=1S/C17H33NO8/c1-16(19)15-26-14-13-25-12-11-24-10-9-23-8-7-22-6-5-21-4-3-18-17(2)20/h3-15H2,1-2H3,(H,18,20).